The fourth-order valence-corrected chi connectivity index (χ4v) is 9.59. The van der Waals surface area contributed by atoms with Crippen LogP contribution in [0.25, 0.3) is 0 Å². The molecular weight excluding hydrogens is 837 g/mol. The molecule has 5 heteroatoms. The summed E-state index contributed by atoms with van der Waals surface area (Å²) >= 11 is 0. The van der Waals surface area contributed by atoms with Crippen LogP contribution in [0.15, 0.2) is 24.3 Å². The van der Waals surface area contributed by atoms with E-state index in [1.165, 1.54) is 283 Å². The number of aliphatic hydroxyl groups excluding tert-OH is 1. The summed E-state index contributed by atoms with van der Waals surface area (Å²) in [5, 5.41) is 9.64. The van der Waals surface area contributed by atoms with Gasteiger partial charge in [0.25, 0.3) is 0 Å². The Morgan fingerprint density at radius 3 is 0.868 bits per heavy atom. The first-order valence-electron chi connectivity index (χ1n) is 30.9. The number of ether oxygens (including phenoxy) is 2. The van der Waals surface area contributed by atoms with Gasteiger partial charge in [0.05, 0.1) is 6.61 Å². The zero-order chi connectivity index (χ0) is 49.2. The van der Waals surface area contributed by atoms with Crippen LogP contribution in [0.3, 0.4) is 0 Å². The van der Waals surface area contributed by atoms with Crippen molar-refractivity contribution < 1.29 is 24.2 Å². The quantitative estimate of drug-likeness (QED) is 0.0374. The van der Waals surface area contributed by atoms with Gasteiger partial charge in [-0.15, -0.1) is 0 Å². The summed E-state index contributed by atoms with van der Waals surface area (Å²) in [4.78, 5) is 24.5. The molecule has 0 spiro atoms. The number of aliphatic hydroxyl groups is 1. The molecular formula is C63H120O5. The lowest BCUT2D eigenvalue weighted by Gasteiger charge is -2.15. The largest absolute Gasteiger partial charge is 0.462 e. The Hall–Kier alpha value is -1.62. The van der Waals surface area contributed by atoms with Crippen LogP contribution in [0, 0.1) is 0 Å². The number of hydrogen-bond acceptors (Lipinski definition) is 5. The van der Waals surface area contributed by atoms with Crippen molar-refractivity contribution in [3.63, 3.8) is 0 Å². The molecule has 0 saturated carbocycles. The number of rotatable bonds is 58. The van der Waals surface area contributed by atoms with Gasteiger partial charge in [-0.05, 0) is 44.9 Å². The average Bonchev–Trinajstić information content (AvgIpc) is 3.34. The SMILES string of the molecule is CCCCCCC/C=C\C/C=C\CCCCCCCCCCCCCCCCCCCCCCCCCCCCCC(=O)OC(CO)COC(=O)CCCCCCCCCCCCCCCCC. The fraction of sp³-hybridized carbons (Fsp3) is 0.905. The van der Waals surface area contributed by atoms with Crippen molar-refractivity contribution in [3.05, 3.63) is 24.3 Å². The Kier molecular flexibility index (Phi) is 58.3. The highest BCUT2D eigenvalue weighted by Crippen LogP contribution is 2.18. The van der Waals surface area contributed by atoms with Crippen molar-refractivity contribution in [3.8, 4) is 0 Å². The number of carbonyl (C=O) groups is 2. The molecule has 0 amide bonds. The third kappa shape index (κ3) is 57.0. The molecule has 1 atom stereocenters. The minimum absolute atomic E-state index is 0.0575. The third-order valence-corrected chi connectivity index (χ3v) is 14.2. The van der Waals surface area contributed by atoms with E-state index in [9.17, 15) is 14.7 Å². The number of allylic oxidation sites excluding steroid dienone is 4. The number of hydrogen-bond donors (Lipinski definition) is 1. The van der Waals surface area contributed by atoms with Crippen molar-refractivity contribution in [1.29, 1.82) is 0 Å². The van der Waals surface area contributed by atoms with Gasteiger partial charge in [-0.1, -0.05) is 314 Å². The Morgan fingerprint density at radius 1 is 0.338 bits per heavy atom. The normalized spacial score (nSPS) is 12.2. The van der Waals surface area contributed by atoms with Crippen molar-refractivity contribution in [2.75, 3.05) is 13.2 Å². The van der Waals surface area contributed by atoms with Crippen LogP contribution >= 0.6 is 0 Å². The van der Waals surface area contributed by atoms with E-state index in [0.717, 1.165) is 38.5 Å². The van der Waals surface area contributed by atoms with Crippen LogP contribution in [0.2, 0.25) is 0 Å². The highest BCUT2D eigenvalue weighted by atomic mass is 16.6. The fourth-order valence-electron chi connectivity index (χ4n) is 9.59. The summed E-state index contributed by atoms with van der Waals surface area (Å²) in [5.41, 5.74) is 0. The first-order chi connectivity index (χ1) is 33.6. The summed E-state index contributed by atoms with van der Waals surface area (Å²) in [5.74, 6) is -0.568. The maximum atomic E-state index is 12.3. The molecule has 0 saturated heterocycles. The molecule has 0 aromatic heterocycles. The van der Waals surface area contributed by atoms with Gasteiger partial charge in [0.2, 0.25) is 0 Å². The van der Waals surface area contributed by atoms with E-state index in [2.05, 4.69) is 38.2 Å². The van der Waals surface area contributed by atoms with E-state index in [1.807, 2.05) is 0 Å². The molecule has 1 N–H and O–H groups in total. The molecule has 5 nitrogen and oxygen atoms in total. The summed E-state index contributed by atoms with van der Waals surface area (Å²) < 4.78 is 10.7. The zero-order valence-electron chi connectivity index (χ0n) is 46.2. The lowest BCUT2D eigenvalue weighted by Crippen LogP contribution is -2.28. The van der Waals surface area contributed by atoms with Gasteiger partial charge in [0, 0.05) is 12.8 Å². The molecule has 1 unspecified atom stereocenters. The minimum atomic E-state index is -0.765. The summed E-state index contributed by atoms with van der Waals surface area (Å²) in [7, 11) is 0. The molecule has 0 aromatic rings. The molecule has 0 rings (SSSR count). The maximum absolute atomic E-state index is 12.3. The van der Waals surface area contributed by atoms with E-state index in [1.54, 1.807) is 0 Å². The zero-order valence-corrected chi connectivity index (χ0v) is 46.2. The lowest BCUT2D eigenvalue weighted by molar-refractivity contribution is -0.161. The average molecular weight is 958 g/mol. The van der Waals surface area contributed by atoms with E-state index < -0.39 is 6.10 Å². The van der Waals surface area contributed by atoms with Gasteiger partial charge in [-0.2, -0.15) is 0 Å². The Morgan fingerprint density at radius 2 is 0.588 bits per heavy atom. The smallest absolute Gasteiger partial charge is 0.306 e. The van der Waals surface area contributed by atoms with Gasteiger partial charge in [-0.3, -0.25) is 9.59 Å². The predicted octanol–water partition coefficient (Wildman–Crippen LogP) is 20.9. The van der Waals surface area contributed by atoms with E-state index in [-0.39, 0.29) is 25.2 Å². The van der Waals surface area contributed by atoms with Crippen molar-refractivity contribution in [2.24, 2.45) is 0 Å². The predicted molar refractivity (Wildman–Crippen MR) is 298 cm³/mol. The van der Waals surface area contributed by atoms with Crippen LogP contribution in [0.5, 0.6) is 0 Å². The monoisotopic (exact) mass is 957 g/mol. The number of esters is 2. The van der Waals surface area contributed by atoms with Gasteiger partial charge >= 0.3 is 11.9 Å². The lowest BCUT2D eigenvalue weighted by atomic mass is 10.0. The molecule has 0 aliphatic heterocycles. The van der Waals surface area contributed by atoms with Crippen molar-refractivity contribution >= 4 is 11.9 Å². The molecule has 0 aliphatic rings. The second-order valence-electron chi connectivity index (χ2n) is 21.1. The van der Waals surface area contributed by atoms with Crippen molar-refractivity contribution in [1.82, 2.24) is 0 Å². The number of carbonyl (C=O) groups excluding carboxylic acids is 2. The van der Waals surface area contributed by atoms with Crippen LogP contribution < -0.4 is 0 Å². The molecule has 0 radical (unpaired) electrons. The molecule has 68 heavy (non-hydrogen) atoms. The van der Waals surface area contributed by atoms with Crippen LogP contribution in [0.4, 0.5) is 0 Å². The molecule has 0 bridgehead atoms. The molecule has 0 heterocycles. The highest BCUT2D eigenvalue weighted by molar-refractivity contribution is 5.70. The van der Waals surface area contributed by atoms with E-state index in [0.29, 0.717) is 12.8 Å². The topological polar surface area (TPSA) is 72.8 Å². The maximum Gasteiger partial charge on any atom is 0.306 e. The summed E-state index contributed by atoms with van der Waals surface area (Å²) in [6, 6.07) is 0. The van der Waals surface area contributed by atoms with Gasteiger partial charge < -0.3 is 14.6 Å². The first-order valence-corrected chi connectivity index (χ1v) is 30.9. The standard InChI is InChI=1S/C63H120O5/c1-3-5-7-9-11-13-15-17-19-20-21-22-23-24-25-26-27-28-29-30-31-32-33-34-35-36-37-38-39-40-41-42-44-46-48-50-52-54-56-58-63(66)68-61(59-64)60-67-62(65)57-55-53-51-49-47-45-43-18-16-14-12-10-8-6-4-2/h15,17,20-21,61,64H,3-14,16,18-19,22-60H2,1-2H3/b17-15-,21-20-. The van der Waals surface area contributed by atoms with Crippen LogP contribution in [-0.4, -0.2) is 36.4 Å². The minimum Gasteiger partial charge on any atom is -0.462 e. The Balaban J connectivity index is 3.35. The van der Waals surface area contributed by atoms with E-state index in [4.69, 9.17) is 9.47 Å². The third-order valence-electron chi connectivity index (χ3n) is 14.2. The highest BCUT2D eigenvalue weighted by Gasteiger charge is 2.16. The second-order valence-corrected chi connectivity index (χ2v) is 21.1. The summed E-state index contributed by atoms with van der Waals surface area (Å²) in [6.07, 6.45) is 76.2. The Labute approximate surface area is 425 Å². The van der Waals surface area contributed by atoms with Gasteiger partial charge in [-0.25, -0.2) is 0 Å². The van der Waals surface area contributed by atoms with Crippen LogP contribution in [-0.2, 0) is 19.1 Å². The Bertz CT molecular complexity index is 1040. The molecule has 402 valence electrons. The van der Waals surface area contributed by atoms with Crippen LogP contribution in [0.1, 0.15) is 348 Å². The molecule has 0 aromatic carbocycles. The number of unbranched alkanes of at least 4 members (excludes halogenated alkanes) is 46. The second kappa shape index (κ2) is 59.7. The van der Waals surface area contributed by atoms with Crippen molar-refractivity contribution in [2.45, 2.75) is 354 Å². The van der Waals surface area contributed by atoms with Gasteiger partial charge in [0.15, 0.2) is 6.10 Å². The molecule has 0 fully saturated rings. The summed E-state index contributed by atoms with van der Waals surface area (Å²) in [6.45, 7) is 4.18. The first kappa shape index (κ1) is 66.4. The van der Waals surface area contributed by atoms with E-state index >= 15 is 0 Å². The van der Waals surface area contributed by atoms with Gasteiger partial charge in [0.1, 0.15) is 6.61 Å². The molecule has 0 aliphatic carbocycles.